The Morgan fingerprint density at radius 2 is 1.65 bits per heavy atom. The van der Waals surface area contributed by atoms with Gasteiger partial charge >= 0.3 is 0 Å². The van der Waals surface area contributed by atoms with E-state index in [4.69, 9.17) is 5.26 Å². The first kappa shape index (κ1) is 19.6. The molecule has 0 radical (unpaired) electrons. The highest BCUT2D eigenvalue weighted by molar-refractivity contribution is 7.89. The zero-order valence-corrected chi connectivity index (χ0v) is 15.2. The van der Waals surface area contributed by atoms with Gasteiger partial charge in [-0.25, -0.2) is 12.8 Å². The third kappa shape index (κ3) is 4.65. The normalized spacial score (nSPS) is 11.2. The molecule has 0 N–H and O–H groups in total. The quantitative estimate of drug-likeness (QED) is 0.773. The Morgan fingerprint density at radius 1 is 1.08 bits per heavy atom. The van der Waals surface area contributed by atoms with Crippen LogP contribution in [-0.4, -0.2) is 44.2 Å². The minimum Gasteiger partial charge on any atom is -0.340 e. The van der Waals surface area contributed by atoms with Crippen LogP contribution >= 0.6 is 0 Å². The van der Waals surface area contributed by atoms with E-state index < -0.39 is 15.8 Å². The summed E-state index contributed by atoms with van der Waals surface area (Å²) in [5.41, 5.74) is 1.34. The van der Waals surface area contributed by atoms with Crippen LogP contribution in [0.1, 0.15) is 11.1 Å². The van der Waals surface area contributed by atoms with Crippen molar-refractivity contribution in [1.82, 2.24) is 9.21 Å². The Balaban J connectivity index is 2.02. The molecule has 0 saturated carbocycles. The number of likely N-dealkylation sites (N-methyl/N-ethyl adjacent to an activating group) is 2. The molecule has 0 aliphatic heterocycles. The number of benzene rings is 2. The number of halogens is 1. The molecule has 0 aliphatic carbocycles. The van der Waals surface area contributed by atoms with Crippen LogP contribution in [0.15, 0.2) is 53.4 Å². The zero-order chi connectivity index (χ0) is 19.3. The van der Waals surface area contributed by atoms with Crippen LogP contribution in [0.3, 0.4) is 0 Å². The van der Waals surface area contributed by atoms with Gasteiger partial charge in [0.1, 0.15) is 5.82 Å². The predicted octanol–water partition coefficient (Wildman–Crippen LogP) is 1.98. The number of sulfonamides is 1. The lowest BCUT2D eigenvalue weighted by Crippen LogP contribution is -2.39. The minimum absolute atomic E-state index is 0.0797. The fourth-order valence-electron chi connectivity index (χ4n) is 2.23. The summed E-state index contributed by atoms with van der Waals surface area (Å²) in [6, 6.07) is 13.2. The van der Waals surface area contributed by atoms with Crippen molar-refractivity contribution in [3.8, 4) is 6.07 Å². The molecule has 2 aromatic carbocycles. The topological polar surface area (TPSA) is 81.5 Å². The monoisotopic (exact) mass is 375 g/mol. The third-order valence-electron chi connectivity index (χ3n) is 3.81. The third-order valence-corrected chi connectivity index (χ3v) is 5.63. The van der Waals surface area contributed by atoms with Crippen LogP contribution in [0.4, 0.5) is 4.39 Å². The zero-order valence-electron chi connectivity index (χ0n) is 14.4. The van der Waals surface area contributed by atoms with Crippen molar-refractivity contribution >= 4 is 15.9 Å². The minimum atomic E-state index is -3.88. The predicted molar refractivity (Wildman–Crippen MR) is 93.8 cm³/mol. The van der Waals surface area contributed by atoms with Crippen molar-refractivity contribution in [3.63, 3.8) is 0 Å². The van der Waals surface area contributed by atoms with E-state index in [1.165, 1.54) is 11.9 Å². The molecule has 0 saturated heterocycles. The van der Waals surface area contributed by atoms with Gasteiger partial charge in [0.25, 0.3) is 0 Å². The summed E-state index contributed by atoms with van der Waals surface area (Å²) in [5.74, 6) is -0.924. The number of nitrogens with zero attached hydrogens (tertiary/aromatic N) is 3. The molecule has 6 nitrogen and oxygen atoms in total. The van der Waals surface area contributed by atoms with Crippen molar-refractivity contribution < 1.29 is 17.6 Å². The Morgan fingerprint density at radius 3 is 2.19 bits per heavy atom. The average molecular weight is 375 g/mol. The van der Waals surface area contributed by atoms with Crippen molar-refractivity contribution in [3.05, 3.63) is 65.5 Å². The smallest absolute Gasteiger partial charge is 0.243 e. The Kier molecular flexibility index (Phi) is 6.08. The molecule has 0 heterocycles. The molecule has 2 rings (SSSR count). The van der Waals surface area contributed by atoms with Crippen molar-refractivity contribution in [1.29, 1.82) is 5.26 Å². The van der Waals surface area contributed by atoms with Crippen molar-refractivity contribution in [2.45, 2.75) is 11.4 Å². The van der Waals surface area contributed by atoms with Gasteiger partial charge in [-0.15, -0.1) is 0 Å². The summed E-state index contributed by atoms with van der Waals surface area (Å²) < 4.78 is 38.8. The number of amides is 1. The van der Waals surface area contributed by atoms with Gasteiger partial charge in [-0.3, -0.25) is 4.79 Å². The summed E-state index contributed by atoms with van der Waals surface area (Å²) in [6.07, 6.45) is 0. The fourth-order valence-corrected chi connectivity index (χ4v) is 3.35. The second kappa shape index (κ2) is 8.08. The highest BCUT2D eigenvalue weighted by Crippen LogP contribution is 2.15. The maximum absolute atomic E-state index is 13.0. The SMILES string of the molecule is CN(Cc1ccc(C#N)cc1)C(=O)CN(C)S(=O)(=O)c1ccc(F)cc1. The first-order chi connectivity index (χ1) is 12.2. The maximum Gasteiger partial charge on any atom is 0.243 e. The number of hydrogen-bond donors (Lipinski definition) is 0. The number of hydrogen-bond acceptors (Lipinski definition) is 4. The Bertz CT molecular complexity index is 920. The number of carbonyl (C=O) groups is 1. The highest BCUT2D eigenvalue weighted by atomic mass is 32.2. The second-order valence-electron chi connectivity index (χ2n) is 5.77. The number of nitriles is 1. The molecule has 0 spiro atoms. The van der Waals surface area contributed by atoms with Gasteiger partial charge in [-0.2, -0.15) is 9.57 Å². The maximum atomic E-state index is 13.0. The van der Waals surface area contributed by atoms with E-state index in [9.17, 15) is 17.6 Å². The molecule has 0 aromatic heterocycles. The van der Waals surface area contributed by atoms with Gasteiger partial charge in [0.15, 0.2) is 0 Å². The van der Waals surface area contributed by atoms with Crippen LogP contribution < -0.4 is 0 Å². The average Bonchev–Trinajstić information content (AvgIpc) is 2.62. The molecule has 26 heavy (non-hydrogen) atoms. The van der Waals surface area contributed by atoms with Crippen molar-refractivity contribution in [2.24, 2.45) is 0 Å². The van der Waals surface area contributed by atoms with Crippen LogP contribution in [0.5, 0.6) is 0 Å². The lowest BCUT2D eigenvalue weighted by Gasteiger charge is -2.22. The van der Waals surface area contributed by atoms with Gasteiger partial charge in [0.05, 0.1) is 23.1 Å². The number of rotatable bonds is 6. The summed E-state index contributed by atoms with van der Waals surface area (Å²) in [6.45, 7) is -0.0541. The first-order valence-corrected chi connectivity index (χ1v) is 9.13. The number of carbonyl (C=O) groups excluding carboxylic acids is 1. The van der Waals surface area contributed by atoms with E-state index in [1.54, 1.807) is 31.3 Å². The van der Waals surface area contributed by atoms with E-state index in [0.29, 0.717) is 5.56 Å². The summed E-state index contributed by atoms with van der Waals surface area (Å²) in [5, 5.41) is 8.79. The molecule has 0 aliphatic rings. The molecule has 0 atom stereocenters. The molecular weight excluding hydrogens is 357 g/mol. The Labute approximate surface area is 152 Å². The van der Waals surface area contributed by atoms with Crippen molar-refractivity contribution in [2.75, 3.05) is 20.6 Å². The van der Waals surface area contributed by atoms with Gasteiger partial charge in [-0.05, 0) is 42.0 Å². The molecule has 0 unspecified atom stereocenters. The van der Waals surface area contributed by atoms with E-state index >= 15 is 0 Å². The van der Waals surface area contributed by atoms with Gasteiger partial charge in [0, 0.05) is 20.6 Å². The van der Waals surface area contributed by atoms with E-state index in [0.717, 1.165) is 34.1 Å². The first-order valence-electron chi connectivity index (χ1n) is 7.69. The van der Waals surface area contributed by atoms with Crippen LogP contribution in [0, 0.1) is 17.1 Å². The van der Waals surface area contributed by atoms with Gasteiger partial charge in [-0.1, -0.05) is 12.1 Å². The Hall–Kier alpha value is -2.76. The van der Waals surface area contributed by atoms with Gasteiger partial charge in [0.2, 0.25) is 15.9 Å². The standard InChI is InChI=1S/C18H18FN3O3S/c1-21(12-15-5-3-14(11-20)4-6-15)18(23)13-22(2)26(24,25)17-9-7-16(19)8-10-17/h3-10H,12-13H2,1-2H3. The van der Waals surface area contributed by atoms with E-state index in [-0.39, 0.29) is 23.9 Å². The summed E-state index contributed by atoms with van der Waals surface area (Å²) in [7, 11) is -1.02. The molecule has 0 bridgehead atoms. The van der Waals surface area contributed by atoms with Crippen LogP contribution in [0.2, 0.25) is 0 Å². The summed E-state index contributed by atoms with van der Waals surface area (Å²) >= 11 is 0. The lowest BCUT2D eigenvalue weighted by molar-refractivity contribution is -0.130. The summed E-state index contributed by atoms with van der Waals surface area (Å²) in [4.78, 5) is 13.6. The molecule has 136 valence electrons. The van der Waals surface area contributed by atoms with Crippen LogP contribution in [-0.2, 0) is 21.4 Å². The molecule has 0 fully saturated rings. The largest absolute Gasteiger partial charge is 0.340 e. The van der Waals surface area contributed by atoms with Gasteiger partial charge < -0.3 is 4.90 Å². The molecular formula is C18H18FN3O3S. The second-order valence-corrected chi connectivity index (χ2v) is 7.82. The van der Waals surface area contributed by atoms with E-state index in [1.807, 2.05) is 6.07 Å². The molecule has 1 amide bonds. The van der Waals surface area contributed by atoms with Crippen LogP contribution in [0.25, 0.3) is 0 Å². The van der Waals surface area contributed by atoms with E-state index in [2.05, 4.69) is 0 Å². The fraction of sp³-hybridized carbons (Fsp3) is 0.222. The highest BCUT2D eigenvalue weighted by Gasteiger charge is 2.24. The molecule has 8 heteroatoms. The molecule has 2 aromatic rings. The lowest BCUT2D eigenvalue weighted by atomic mass is 10.1.